The number of nitrogens with two attached hydrogens (primary N) is 1. The van der Waals surface area contributed by atoms with E-state index >= 15 is 0 Å². The predicted octanol–water partition coefficient (Wildman–Crippen LogP) is 1.88. The first-order valence-corrected chi connectivity index (χ1v) is 8.37. The molecular weight excluding hydrogens is 250 g/mol. The maximum atomic E-state index is 11.9. The largest absolute Gasteiger partial charge is 0.368 e. The topological polar surface area (TPSA) is 58.4 Å². The van der Waals surface area contributed by atoms with E-state index in [-0.39, 0.29) is 5.91 Å². The third kappa shape index (κ3) is 3.34. The third-order valence-electron chi connectivity index (χ3n) is 5.33. The highest BCUT2D eigenvalue weighted by Gasteiger charge is 2.46. The van der Waals surface area contributed by atoms with Gasteiger partial charge in [-0.1, -0.05) is 19.8 Å². The van der Waals surface area contributed by atoms with Crippen LogP contribution in [-0.4, -0.2) is 42.5 Å². The summed E-state index contributed by atoms with van der Waals surface area (Å²) in [6, 6.07) is 0.820. The quantitative estimate of drug-likeness (QED) is 0.678. The number of rotatable bonds is 9. The summed E-state index contributed by atoms with van der Waals surface area (Å²) >= 11 is 0. The zero-order valence-electron chi connectivity index (χ0n) is 13.2. The van der Waals surface area contributed by atoms with E-state index in [1.165, 1.54) is 32.2 Å². The molecule has 0 aromatic carbocycles. The highest BCUT2D eigenvalue weighted by molar-refractivity contribution is 5.85. The first-order chi connectivity index (χ1) is 9.64. The number of nitrogens with zero attached hydrogens (tertiary/aromatic N) is 1. The van der Waals surface area contributed by atoms with Crippen LogP contribution in [0.25, 0.3) is 0 Å². The minimum atomic E-state index is -0.444. The lowest BCUT2D eigenvalue weighted by molar-refractivity contribution is -0.125. The van der Waals surface area contributed by atoms with E-state index in [1.807, 2.05) is 7.05 Å². The van der Waals surface area contributed by atoms with Crippen molar-refractivity contribution in [1.29, 1.82) is 0 Å². The number of hydrogen-bond acceptors (Lipinski definition) is 3. The normalized spacial score (nSPS) is 30.1. The van der Waals surface area contributed by atoms with Crippen molar-refractivity contribution in [3.05, 3.63) is 0 Å². The Bertz CT molecular complexity index is 330. The van der Waals surface area contributed by atoms with Gasteiger partial charge in [-0.15, -0.1) is 0 Å². The lowest BCUT2D eigenvalue weighted by atomic mass is 9.84. The molecule has 0 saturated heterocycles. The Balaban J connectivity index is 1.89. The molecule has 0 heterocycles. The third-order valence-corrected chi connectivity index (χ3v) is 5.33. The number of primary amides is 1. The van der Waals surface area contributed by atoms with Crippen LogP contribution in [0, 0.1) is 5.92 Å². The Morgan fingerprint density at radius 2 is 2.10 bits per heavy atom. The Morgan fingerprint density at radius 3 is 2.65 bits per heavy atom. The second-order valence-electron chi connectivity index (χ2n) is 6.58. The molecule has 2 aliphatic carbocycles. The van der Waals surface area contributed by atoms with Crippen molar-refractivity contribution in [2.24, 2.45) is 11.7 Å². The average Bonchev–Trinajstić information content (AvgIpc) is 3.18. The Labute approximate surface area is 123 Å². The number of unbranched alkanes of at least 4 members (excludes halogenated alkanes) is 1. The van der Waals surface area contributed by atoms with Crippen LogP contribution in [0.1, 0.15) is 58.3 Å². The standard InChI is InChI=1S/C16H31N3O/c1-3-4-11-19(14-7-8-14)12-9-13-6-5-10-16(13,18-2)15(17)20/h13-14,18H,3-12H2,1-2H3,(H2,17,20). The minimum absolute atomic E-state index is 0.158. The average molecular weight is 281 g/mol. The molecule has 3 N–H and O–H groups in total. The van der Waals surface area contributed by atoms with Crippen LogP contribution in [0.5, 0.6) is 0 Å². The summed E-state index contributed by atoms with van der Waals surface area (Å²) in [7, 11) is 1.89. The molecule has 2 saturated carbocycles. The molecule has 2 unspecified atom stereocenters. The fraction of sp³-hybridized carbons (Fsp3) is 0.938. The van der Waals surface area contributed by atoms with Crippen LogP contribution in [0.15, 0.2) is 0 Å². The molecule has 1 amide bonds. The summed E-state index contributed by atoms with van der Waals surface area (Å²) in [5, 5.41) is 3.25. The van der Waals surface area contributed by atoms with Gasteiger partial charge in [0.2, 0.25) is 5.91 Å². The van der Waals surface area contributed by atoms with E-state index in [4.69, 9.17) is 5.73 Å². The Hall–Kier alpha value is -0.610. The SMILES string of the molecule is CCCCN(CCC1CCCC1(NC)C(N)=O)C1CC1. The smallest absolute Gasteiger partial charge is 0.238 e. The number of carbonyl (C=O) groups excluding carboxylic acids is 1. The van der Waals surface area contributed by atoms with Crippen LogP contribution in [0.2, 0.25) is 0 Å². The summed E-state index contributed by atoms with van der Waals surface area (Å²) in [5.41, 5.74) is 5.23. The van der Waals surface area contributed by atoms with Crippen molar-refractivity contribution in [2.75, 3.05) is 20.1 Å². The van der Waals surface area contributed by atoms with Gasteiger partial charge in [0.05, 0.1) is 0 Å². The molecule has 0 aromatic rings. The van der Waals surface area contributed by atoms with Crippen molar-refractivity contribution >= 4 is 5.91 Å². The molecule has 0 aliphatic heterocycles. The molecular formula is C16H31N3O. The van der Waals surface area contributed by atoms with E-state index in [2.05, 4.69) is 17.1 Å². The molecule has 4 heteroatoms. The maximum absolute atomic E-state index is 11.9. The van der Waals surface area contributed by atoms with Crippen LogP contribution in [0.3, 0.4) is 0 Å². The van der Waals surface area contributed by atoms with Crippen LogP contribution in [-0.2, 0) is 4.79 Å². The Morgan fingerprint density at radius 1 is 1.35 bits per heavy atom. The first kappa shape index (κ1) is 15.8. The number of nitrogens with one attached hydrogen (secondary N) is 1. The monoisotopic (exact) mass is 281 g/mol. The molecule has 4 nitrogen and oxygen atoms in total. The fourth-order valence-electron chi connectivity index (χ4n) is 3.84. The van der Waals surface area contributed by atoms with Crippen LogP contribution in [0.4, 0.5) is 0 Å². The molecule has 2 fully saturated rings. The number of hydrogen-bond donors (Lipinski definition) is 2. The lowest BCUT2D eigenvalue weighted by Gasteiger charge is -2.34. The van der Waals surface area contributed by atoms with E-state index in [9.17, 15) is 4.79 Å². The highest BCUT2D eigenvalue weighted by atomic mass is 16.1. The molecule has 2 aliphatic rings. The van der Waals surface area contributed by atoms with Gasteiger partial charge in [-0.25, -0.2) is 0 Å². The number of amides is 1. The molecule has 0 bridgehead atoms. The molecule has 2 atom stereocenters. The van der Waals surface area contributed by atoms with Gasteiger partial charge in [0, 0.05) is 6.04 Å². The van der Waals surface area contributed by atoms with Gasteiger partial charge in [0.25, 0.3) is 0 Å². The number of likely N-dealkylation sites (N-methyl/N-ethyl adjacent to an activating group) is 1. The van der Waals surface area contributed by atoms with E-state index < -0.39 is 5.54 Å². The van der Waals surface area contributed by atoms with Crippen molar-refractivity contribution in [1.82, 2.24) is 10.2 Å². The molecule has 2 rings (SSSR count). The highest BCUT2D eigenvalue weighted by Crippen LogP contribution is 2.38. The fourth-order valence-corrected chi connectivity index (χ4v) is 3.84. The van der Waals surface area contributed by atoms with Gasteiger partial charge in [-0.05, 0) is 64.6 Å². The predicted molar refractivity (Wildman–Crippen MR) is 82.4 cm³/mol. The van der Waals surface area contributed by atoms with Gasteiger partial charge in [0.1, 0.15) is 5.54 Å². The van der Waals surface area contributed by atoms with E-state index in [0.29, 0.717) is 5.92 Å². The van der Waals surface area contributed by atoms with Gasteiger partial charge in [-0.3, -0.25) is 4.79 Å². The van der Waals surface area contributed by atoms with Crippen molar-refractivity contribution < 1.29 is 4.79 Å². The summed E-state index contributed by atoms with van der Waals surface area (Å²) in [4.78, 5) is 14.5. The van der Waals surface area contributed by atoms with Crippen molar-refractivity contribution in [3.8, 4) is 0 Å². The zero-order chi connectivity index (χ0) is 14.6. The second-order valence-corrected chi connectivity index (χ2v) is 6.58. The van der Waals surface area contributed by atoms with Gasteiger partial charge in [-0.2, -0.15) is 0 Å². The summed E-state index contributed by atoms with van der Waals surface area (Å²) in [6.07, 6.45) is 9.53. The second kappa shape index (κ2) is 6.90. The van der Waals surface area contributed by atoms with Gasteiger partial charge in [0.15, 0.2) is 0 Å². The zero-order valence-corrected chi connectivity index (χ0v) is 13.2. The Kier molecular flexibility index (Phi) is 5.44. The van der Waals surface area contributed by atoms with Gasteiger partial charge >= 0.3 is 0 Å². The molecule has 20 heavy (non-hydrogen) atoms. The first-order valence-electron chi connectivity index (χ1n) is 8.37. The molecule has 0 radical (unpaired) electrons. The van der Waals surface area contributed by atoms with Crippen molar-refractivity contribution in [2.45, 2.75) is 69.9 Å². The van der Waals surface area contributed by atoms with Crippen LogP contribution < -0.4 is 11.1 Å². The molecule has 0 spiro atoms. The summed E-state index contributed by atoms with van der Waals surface area (Å²) < 4.78 is 0. The molecule has 116 valence electrons. The number of carbonyl (C=O) groups is 1. The minimum Gasteiger partial charge on any atom is -0.368 e. The van der Waals surface area contributed by atoms with E-state index in [0.717, 1.165) is 38.3 Å². The summed E-state index contributed by atoms with van der Waals surface area (Å²) in [5.74, 6) is 0.252. The summed E-state index contributed by atoms with van der Waals surface area (Å²) in [6.45, 7) is 4.60. The lowest BCUT2D eigenvalue weighted by Crippen LogP contribution is -2.56. The molecule has 0 aromatic heterocycles. The van der Waals surface area contributed by atoms with Crippen LogP contribution >= 0.6 is 0 Å². The van der Waals surface area contributed by atoms with Crippen molar-refractivity contribution in [3.63, 3.8) is 0 Å². The van der Waals surface area contributed by atoms with Gasteiger partial charge < -0.3 is 16.0 Å². The maximum Gasteiger partial charge on any atom is 0.238 e. The van der Waals surface area contributed by atoms with E-state index in [1.54, 1.807) is 0 Å².